The minimum Gasteiger partial charge on any atom is -0.434 e. The summed E-state index contributed by atoms with van der Waals surface area (Å²) >= 11 is 0. The van der Waals surface area contributed by atoms with E-state index in [2.05, 4.69) is 21.9 Å². The highest BCUT2D eigenvalue weighted by molar-refractivity contribution is 5.88. The zero-order chi connectivity index (χ0) is 14.9. The Hall–Kier alpha value is -2.63. The molecule has 3 N–H and O–H groups in total. The summed E-state index contributed by atoms with van der Waals surface area (Å²) in [5.74, 6) is 1.15. The lowest BCUT2D eigenvalue weighted by Crippen LogP contribution is -2.07. The van der Waals surface area contributed by atoms with Crippen LogP contribution in [0.1, 0.15) is 23.9 Å². The van der Waals surface area contributed by atoms with Gasteiger partial charge in [0.05, 0.1) is 11.4 Å². The third-order valence-electron chi connectivity index (χ3n) is 2.73. The van der Waals surface area contributed by atoms with Crippen molar-refractivity contribution < 1.29 is 9.21 Å². The van der Waals surface area contributed by atoms with Crippen LogP contribution in [0.25, 0.3) is 17.2 Å². The molecule has 0 aliphatic heterocycles. The van der Waals surface area contributed by atoms with E-state index in [0.29, 0.717) is 28.9 Å². The number of anilines is 1. The highest BCUT2D eigenvalue weighted by Crippen LogP contribution is 2.27. The van der Waals surface area contributed by atoms with E-state index in [9.17, 15) is 4.79 Å². The van der Waals surface area contributed by atoms with Crippen molar-refractivity contribution in [3.05, 3.63) is 35.9 Å². The molecule has 20 heavy (non-hydrogen) atoms. The van der Waals surface area contributed by atoms with Crippen molar-refractivity contribution in [1.82, 2.24) is 9.97 Å². The van der Waals surface area contributed by atoms with Crippen molar-refractivity contribution in [2.45, 2.75) is 20.8 Å². The summed E-state index contributed by atoms with van der Waals surface area (Å²) in [6.45, 7) is 8.75. The summed E-state index contributed by atoms with van der Waals surface area (Å²) in [5.41, 5.74) is 8.28. The van der Waals surface area contributed by atoms with Crippen molar-refractivity contribution in [3.63, 3.8) is 0 Å². The molecule has 1 amide bonds. The maximum atomic E-state index is 11.1. The molecule has 0 unspecified atom stereocenters. The first-order valence-electron chi connectivity index (χ1n) is 6.05. The van der Waals surface area contributed by atoms with E-state index in [1.54, 1.807) is 19.2 Å². The number of nitrogens with two attached hydrogens (primary N) is 1. The van der Waals surface area contributed by atoms with Gasteiger partial charge >= 0.3 is 0 Å². The zero-order valence-electron chi connectivity index (χ0n) is 11.7. The summed E-state index contributed by atoms with van der Waals surface area (Å²) in [4.78, 5) is 19.5. The van der Waals surface area contributed by atoms with Crippen molar-refractivity contribution in [1.29, 1.82) is 0 Å². The highest BCUT2D eigenvalue weighted by atomic mass is 16.4. The fraction of sp³-hybridized carbons (Fsp3) is 0.214. The molecule has 0 saturated heterocycles. The van der Waals surface area contributed by atoms with Gasteiger partial charge in [-0.15, -0.1) is 0 Å². The molecule has 0 bridgehead atoms. The first kappa shape index (κ1) is 13.8. The number of carbonyl (C=O) groups excluding carboxylic acids is 1. The van der Waals surface area contributed by atoms with Crippen LogP contribution in [0.15, 0.2) is 23.3 Å². The molecular formula is C14H16N4O2. The number of oxazole rings is 1. The summed E-state index contributed by atoms with van der Waals surface area (Å²) in [7, 11) is 0. The van der Waals surface area contributed by atoms with E-state index in [4.69, 9.17) is 10.2 Å². The van der Waals surface area contributed by atoms with Crippen molar-refractivity contribution in [3.8, 4) is 11.5 Å². The Kier molecular flexibility index (Phi) is 3.56. The van der Waals surface area contributed by atoms with Crippen LogP contribution in [0.3, 0.4) is 0 Å². The predicted octanol–water partition coefficient (Wildman–Crippen LogP) is 2.24. The Balaban J connectivity index is 2.48. The van der Waals surface area contributed by atoms with E-state index in [0.717, 1.165) is 11.1 Å². The highest BCUT2D eigenvalue weighted by Gasteiger charge is 2.15. The second kappa shape index (κ2) is 5.16. The average molecular weight is 272 g/mol. The smallest absolute Gasteiger partial charge is 0.227 e. The molecule has 6 heteroatoms. The molecular weight excluding hydrogens is 256 g/mol. The third-order valence-corrected chi connectivity index (χ3v) is 2.73. The number of hydrogen-bond acceptors (Lipinski definition) is 5. The Morgan fingerprint density at radius 3 is 2.70 bits per heavy atom. The molecule has 0 spiro atoms. The first-order valence-corrected chi connectivity index (χ1v) is 6.05. The standard InChI is InChI=1S/C14H16N4O2/c1-7-6-16-12(18-10(4)19)5-11(7)14-17-9(3)13(20-14)8(2)15/h5-6H,2,15H2,1,3-4H3,(H,16,18,19). The fourth-order valence-electron chi connectivity index (χ4n) is 1.81. The summed E-state index contributed by atoms with van der Waals surface area (Å²) in [6.07, 6.45) is 1.65. The molecule has 0 radical (unpaired) electrons. The quantitative estimate of drug-likeness (QED) is 0.893. The Morgan fingerprint density at radius 1 is 1.45 bits per heavy atom. The van der Waals surface area contributed by atoms with Gasteiger partial charge in [-0.25, -0.2) is 9.97 Å². The predicted molar refractivity (Wildman–Crippen MR) is 76.7 cm³/mol. The average Bonchev–Trinajstić information content (AvgIpc) is 2.73. The van der Waals surface area contributed by atoms with Crippen molar-refractivity contribution in [2.24, 2.45) is 5.73 Å². The number of aryl methyl sites for hydroxylation is 2. The fourth-order valence-corrected chi connectivity index (χ4v) is 1.81. The summed E-state index contributed by atoms with van der Waals surface area (Å²) in [6, 6.07) is 1.71. The number of nitrogens with zero attached hydrogens (tertiary/aromatic N) is 2. The molecule has 0 atom stereocenters. The molecule has 104 valence electrons. The van der Waals surface area contributed by atoms with E-state index in [1.807, 2.05) is 6.92 Å². The summed E-state index contributed by atoms with van der Waals surface area (Å²) in [5, 5.41) is 2.62. The second-order valence-corrected chi connectivity index (χ2v) is 4.52. The number of rotatable bonds is 3. The van der Waals surface area contributed by atoms with Crippen molar-refractivity contribution in [2.75, 3.05) is 5.32 Å². The lowest BCUT2D eigenvalue weighted by molar-refractivity contribution is -0.114. The molecule has 2 aromatic rings. The molecule has 0 saturated carbocycles. The Labute approximate surface area is 116 Å². The number of nitrogens with one attached hydrogen (secondary N) is 1. The number of hydrogen-bond donors (Lipinski definition) is 2. The van der Waals surface area contributed by atoms with Crippen LogP contribution in [-0.4, -0.2) is 15.9 Å². The monoisotopic (exact) mass is 272 g/mol. The normalized spacial score (nSPS) is 10.3. The largest absolute Gasteiger partial charge is 0.434 e. The van der Waals surface area contributed by atoms with Crippen molar-refractivity contribution >= 4 is 17.4 Å². The van der Waals surface area contributed by atoms with Gasteiger partial charge in [0.2, 0.25) is 11.8 Å². The Morgan fingerprint density at radius 2 is 2.15 bits per heavy atom. The van der Waals surface area contributed by atoms with Gasteiger partial charge in [-0.05, 0) is 25.5 Å². The van der Waals surface area contributed by atoms with Gasteiger partial charge in [-0.3, -0.25) is 4.79 Å². The van der Waals surface area contributed by atoms with Gasteiger partial charge < -0.3 is 15.5 Å². The van der Waals surface area contributed by atoms with Gasteiger partial charge in [0.1, 0.15) is 5.82 Å². The maximum absolute atomic E-state index is 11.1. The van der Waals surface area contributed by atoms with Crippen LogP contribution in [0.4, 0.5) is 5.82 Å². The van der Waals surface area contributed by atoms with Gasteiger partial charge in [0, 0.05) is 18.7 Å². The minimum atomic E-state index is -0.188. The number of amides is 1. The van der Waals surface area contributed by atoms with Gasteiger partial charge in [0.25, 0.3) is 0 Å². The van der Waals surface area contributed by atoms with E-state index in [-0.39, 0.29) is 5.91 Å². The number of aromatic nitrogens is 2. The second-order valence-electron chi connectivity index (χ2n) is 4.52. The maximum Gasteiger partial charge on any atom is 0.227 e. The van der Waals surface area contributed by atoms with Crippen LogP contribution in [-0.2, 0) is 4.79 Å². The number of pyridine rings is 1. The van der Waals surface area contributed by atoms with E-state index < -0.39 is 0 Å². The Bertz CT molecular complexity index is 688. The molecule has 2 aromatic heterocycles. The molecule has 0 aliphatic carbocycles. The van der Waals surface area contributed by atoms with Crippen LogP contribution >= 0.6 is 0 Å². The van der Waals surface area contributed by atoms with Gasteiger partial charge in [0.15, 0.2) is 5.76 Å². The third kappa shape index (κ3) is 2.69. The van der Waals surface area contributed by atoms with Crippen LogP contribution in [0.2, 0.25) is 0 Å². The van der Waals surface area contributed by atoms with Gasteiger partial charge in [-0.2, -0.15) is 0 Å². The van der Waals surface area contributed by atoms with Crippen LogP contribution in [0.5, 0.6) is 0 Å². The van der Waals surface area contributed by atoms with E-state index in [1.165, 1.54) is 6.92 Å². The molecule has 0 aromatic carbocycles. The van der Waals surface area contributed by atoms with E-state index >= 15 is 0 Å². The number of carbonyl (C=O) groups is 1. The zero-order valence-corrected chi connectivity index (χ0v) is 11.7. The first-order chi connectivity index (χ1) is 9.38. The topological polar surface area (TPSA) is 94.0 Å². The van der Waals surface area contributed by atoms with Crippen LogP contribution in [0, 0.1) is 13.8 Å². The molecule has 6 nitrogen and oxygen atoms in total. The molecule has 2 heterocycles. The molecule has 0 fully saturated rings. The molecule has 0 aliphatic rings. The lowest BCUT2D eigenvalue weighted by atomic mass is 10.1. The SMILES string of the molecule is C=C(N)c1oc(-c2cc(NC(C)=O)ncc2C)nc1C. The minimum absolute atomic E-state index is 0.188. The molecule has 2 rings (SSSR count). The van der Waals surface area contributed by atoms with Gasteiger partial charge in [-0.1, -0.05) is 6.58 Å². The lowest BCUT2D eigenvalue weighted by Gasteiger charge is -2.05. The summed E-state index contributed by atoms with van der Waals surface area (Å²) < 4.78 is 5.63. The van der Waals surface area contributed by atoms with Crippen LogP contribution < -0.4 is 11.1 Å².